The zero-order chi connectivity index (χ0) is 18.3. The Balaban J connectivity index is 2.04. The lowest BCUT2D eigenvalue weighted by atomic mass is 9.83. The largest absolute Gasteiger partial charge is 0.357 e. The van der Waals surface area contributed by atoms with Crippen molar-refractivity contribution in [2.45, 2.75) is 57.4 Å². The van der Waals surface area contributed by atoms with E-state index in [1.54, 1.807) is 12.1 Å². The minimum Gasteiger partial charge on any atom is -0.357 e. The van der Waals surface area contributed by atoms with E-state index in [0.29, 0.717) is 12.0 Å². The van der Waals surface area contributed by atoms with E-state index in [0.717, 1.165) is 24.6 Å². The number of hydrogen-bond acceptors (Lipinski definition) is 3. The van der Waals surface area contributed by atoms with Crippen molar-refractivity contribution in [2.75, 3.05) is 13.1 Å². The van der Waals surface area contributed by atoms with Gasteiger partial charge in [0.2, 0.25) is 10.0 Å². The number of benzene rings is 1. The second-order valence-electron chi connectivity index (χ2n) is 6.80. The summed E-state index contributed by atoms with van der Waals surface area (Å²) in [5.74, 6) is 0.767. The number of sulfonamides is 1. The summed E-state index contributed by atoms with van der Waals surface area (Å²) in [6.07, 6.45) is 6.33. The molecule has 1 aromatic rings. The number of nitrogens with two attached hydrogens (primary N) is 1. The minimum absolute atomic E-state index is 0.119. The molecule has 2 rings (SSSR count). The molecule has 0 heterocycles. The highest BCUT2D eigenvalue weighted by Crippen LogP contribution is 2.40. The van der Waals surface area contributed by atoms with Gasteiger partial charge in [0.05, 0.1) is 11.4 Å². The predicted molar refractivity (Wildman–Crippen MR) is 102 cm³/mol. The first kappa shape index (κ1) is 19.7. The van der Waals surface area contributed by atoms with E-state index in [1.807, 2.05) is 13.0 Å². The average molecular weight is 367 g/mol. The minimum atomic E-state index is -3.69. The molecular formula is C18H30N4O2S. The number of aliphatic imine (C=N–C) groups is 1. The Kier molecular flexibility index (Phi) is 6.84. The van der Waals surface area contributed by atoms with E-state index < -0.39 is 10.0 Å². The van der Waals surface area contributed by atoms with Crippen LogP contribution in [-0.4, -0.2) is 27.5 Å². The second-order valence-corrected chi connectivity index (χ2v) is 8.36. The highest BCUT2D eigenvalue weighted by molar-refractivity contribution is 7.89. The maximum absolute atomic E-state index is 11.5. The van der Waals surface area contributed by atoms with Crippen LogP contribution in [-0.2, 0) is 16.6 Å². The summed E-state index contributed by atoms with van der Waals surface area (Å²) in [6, 6.07) is 6.62. The molecule has 0 aliphatic heterocycles. The van der Waals surface area contributed by atoms with Crippen LogP contribution in [0.2, 0.25) is 0 Å². The fourth-order valence-electron chi connectivity index (χ4n) is 3.38. The van der Waals surface area contributed by atoms with Gasteiger partial charge in [-0.15, -0.1) is 0 Å². The molecule has 1 aliphatic rings. The summed E-state index contributed by atoms with van der Waals surface area (Å²) in [5.41, 5.74) is 1.19. The van der Waals surface area contributed by atoms with Crippen LogP contribution < -0.4 is 15.8 Å². The van der Waals surface area contributed by atoms with Gasteiger partial charge in [-0.05, 0) is 49.3 Å². The molecule has 1 aromatic carbocycles. The second kappa shape index (κ2) is 8.67. The fourth-order valence-corrected chi connectivity index (χ4v) is 3.97. The van der Waals surface area contributed by atoms with Gasteiger partial charge >= 0.3 is 0 Å². The Labute approximate surface area is 151 Å². The third-order valence-corrected chi connectivity index (χ3v) is 5.95. The topological polar surface area (TPSA) is 96.6 Å². The number of nitrogens with one attached hydrogen (secondary N) is 2. The number of guanidine groups is 1. The van der Waals surface area contributed by atoms with Crippen LogP contribution >= 0.6 is 0 Å². The van der Waals surface area contributed by atoms with Crippen LogP contribution in [0.1, 0.15) is 51.5 Å². The van der Waals surface area contributed by atoms with Gasteiger partial charge in [0.1, 0.15) is 0 Å². The third-order valence-electron chi connectivity index (χ3n) is 5.04. The van der Waals surface area contributed by atoms with Crippen molar-refractivity contribution in [1.29, 1.82) is 0 Å². The molecule has 6 nitrogen and oxygen atoms in total. The van der Waals surface area contributed by atoms with Gasteiger partial charge < -0.3 is 10.6 Å². The molecule has 1 aliphatic carbocycles. The molecule has 0 spiro atoms. The molecule has 1 fully saturated rings. The molecule has 0 saturated heterocycles. The quantitative estimate of drug-likeness (QED) is 0.510. The molecule has 0 amide bonds. The number of nitrogens with zero attached hydrogens (tertiary/aromatic N) is 1. The highest BCUT2D eigenvalue weighted by Gasteiger charge is 2.31. The predicted octanol–water partition coefficient (Wildman–Crippen LogP) is 2.36. The summed E-state index contributed by atoms with van der Waals surface area (Å²) >= 11 is 0. The first-order valence-corrected chi connectivity index (χ1v) is 10.6. The van der Waals surface area contributed by atoms with E-state index in [9.17, 15) is 8.42 Å². The molecule has 0 radical (unpaired) electrons. The van der Waals surface area contributed by atoms with Crippen LogP contribution in [0.25, 0.3) is 0 Å². The first-order valence-electron chi connectivity index (χ1n) is 9.02. The van der Waals surface area contributed by atoms with Crippen molar-refractivity contribution in [3.63, 3.8) is 0 Å². The van der Waals surface area contributed by atoms with E-state index in [2.05, 4.69) is 22.5 Å². The maximum Gasteiger partial charge on any atom is 0.238 e. The lowest BCUT2D eigenvalue weighted by molar-refractivity contribution is 0.283. The van der Waals surface area contributed by atoms with Crippen molar-refractivity contribution < 1.29 is 8.42 Å². The summed E-state index contributed by atoms with van der Waals surface area (Å²) in [7, 11) is -3.69. The van der Waals surface area contributed by atoms with E-state index in [-0.39, 0.29) is 4.90 Å². The molecule has 140 valence electrons. The molecule has 0 unspecified atom stereocenters. The van der Waals surface area contributed by atoms with Crippen molar-refractivity contribution in [2.24, 2.45) is 15.5 Å². The molecule has 1 saturated carbocycles. The molecule has 0 aromatic heterocycles. The van der Waals surface area contributed by atoms with Gasteiger partial charge in [0.15, 0.2) is 5.96 Å². The van der Waals surface area contributed by atoms with Gasteiger partial charge in [0.25, 0.3) is 0 Å². The average Bonchev–Trinajstić information content (AvgIpc) is 3.06. The zero-order valence-electron chi connectivity index (χ0n) is 15.2. The van der Waals surface area contributed by atoms with E-state index >= 15 is 0 Å². The number of primary sulfonamides is 1. The summed E-state index contributed by atoms with van der Waals surface area (Å²) in [6.45, 7) is 6.40. The molecule has 0 bridgehead atoms. The van der Waals surface area contributed by atoms with Gasteiger partial charge in [-0.1, -0.05) is 31.9 Å². The molecule has 25 heavy (non-hydrogen) atoms. The standard InChI is InChI=1S/C18H30N4O2S/c1-3-18(10-5-6-11-18)14-22-17(20-4-2)21-13-15-8-7-9-16(12-15)25(19,23)24/h7-9,12H,3-6,10-11,13-14H2,1-2H3,(H2,19,23,24)(H2,20,21,22). The Hall–Kier alpha value is -1.60. The lowest BCUT2D eigenvalue weighted by Crippen LogP contribution is -2.42. The Bertz CT molecular complexity index is 695. The van der Waals surface area contributed by atoms with Crippen LogP contribution in [0.15, 0.2) is 34.2 Å². The van der Waals surface area contributed by atoms with Crippen molar-refractivity contribution in [3.05, 3.63) is 29.8 Å². The van der Waals surface area contributed by atoms with Crippen LogP contribution in [0.5, 0.6) is 0 Å². The molecule has 4 N–H and O–H groups in total. The molecule has 0 atom stereocenters. The van der Waals surface area contributed by atoms with Crippen molar-refractivity contribution in [3.8, 4) is 0 Å². The van der Waals surface area contributed by atoms with Gasteiger partial charge in [-0.3, -0.25) is 0 Å². The maximum atomic E-state index is 11.5. The van der Waals surface area contributed by atoms with Crippen LogP contribution in [0.3, 0.4) is 0 Å². The monoisotopic (exact) mass is 366 g/mol. The van der Waals surface area contributed by atoms with E-state index in [4.69, 9.17) is 5.14 Å². The Morgan fingerprint density at radius 1 is 1.24 bits per heavy atom. The van der Waals surface area contributed by atoms with E-state index in [1.165, 1.54) is 38.2 Å². The van der Waals surface area contributed by atoms with Gasteiger partial charge in [-0.25, -0.2) is 18.5 Å². The molecule has 7 heteroatoms. The molecular weight excluding hydrogens is 336 g/mol. The van der Waals surface area contributed by atoms with Crippen molar-refractivity contribution >= 4 is 16.0 Å². The Morgan fingerprint density at radius 2 is 1.96 bits per heavy atom. The zero-order valence-corrected chi connectivity index (χ0v) is 16.0. The highest BCUT2D eigenvalue weighted by atomic mass is 32.2. The normalized spacial score (nSPS) is 17.5. The van der Waals surface area contributed by atoms with Crippen LogP contribution in [0.4, 0.5) is 0 Å². The smallest absolute Gasteiger partial charge is 0.238 e. The lowest BCUT2D eigenvalue weighted by Gasteiger charge is -2.28. The summed E-state index contributed by atoms with van der Waals surface area (Å²) < 4.78 is 22.9. The van der Waals surface area contributed by atoms with Crippen molar-refractivity contribution in [1.82, 2.24) is 10.6 Å². The SMILES string of the molecule is CCNC(=NCc1cccc(S(N)(=O)=O)c1)NCC1(CC)CCCC1. The van der Waals surface area contributed by atoms with Gasteiger partial charge in [0, 0.05) is 13.1 Å². The van der Waals surface area contributed by atoms with Crippen LogP contribution in [0, 0.1) is 5.41 Å². The fraction of sp³-hybridized carbons (Fsp3) is 0.611. The first-order chi connectivity index (χ1) is 11.9. The van der Waals surface area contributed by atoms with Gasteiger partial charge in [-0.2, -0.15) is 0 Å². The number of rotatable bonds is 7. The number of hydrogen-bond donors (Lipinski definition) is 3. The summed E-state index contributed by atoms with van der Waals surface area (Å²) in [4.78, 5) is 4.71. The summed E-state index contributed by atoms with van der Waals surface area (Å²) in [5, 5.41) is 11.9. The Morgan fingerprint density at radius 3 is 2.56 bits per heavy atom. The third kappa shape index (κ3) is 5.71.